The van der Waals surface area contributed by atoms with Gasteiger partial charge in [-0.15, -0.1) is 0 Å². The highest BCUT2D eigenvalue weighted by atomic mass is 19.1. The Balaban J connectivity index is 1.42. The van der Waals surface area contributed by atoms with Crippen LogP contribution in [0, 0.1) is 5.82 Å². The average molecular weight is 312 g/mol. The van der Waals surface area contributed by atoms with Crippen LogP contribution in [0.4, 0.5) is 4.39 Å². The van der Waals surface area contributed by atoms with Crippen molar-refractivity contribution < 1.29 is 14.2 Å². The van der Waals surface area contributed by atoms with E-state index >= 15 is 0 Å². The maximum atomic E-state index is 13.2. The smallest absolute Gasteiger partial charge is 0.127 e. The first-order valence-corrected chi connectivity index (χ1v) is 8.43. The van der Waals surface area contributed by atoms with Crippen LogP contribution in [0.2, 0.25) is 0 Å². The standard InChI is InChI=1S/C20H23FN2/c21-20-10-4-8-19(16-20)17-23-14-12-22(13-15-23)11-5-9-18-6-2-1-3-7-18/h1-10,16H,11-15,17H2/p+2/b9-5+. The Morgan fingerprint density at radius 3 is 2.35 bits per heavy atom. The summed E-state index contributed by atoms with van der Waals surface area (Å²) in [5.41, 5.74) is 2.37. The molecule has 1 heterocycles. The van der Waals surface area contributed by atoms with Gasteiger partial charge in [-0.05, 0) is 23.8 Å². The summed E-state index contributed by atoms with van der Waals surface area (Å²) in [6, 6.07) is 17.5. The summed E-state index contributed by atoms with van der Waals surface area (Å²) >= 11 is 0. The van der Waals surface area contributed by atoms with Gasteiger partial charge in [0.25, 0.3) is 0 Å². The van der Waals surface area contributed by atoms with Gasteiger partial charge < -0.3 is 9.80 Å². The van der Waals surface area contributed by atoms with E-state index in [2.05, 4.69) is 36.4 Å². The van der Waals surface area contributed by atoms with Gasteiger partial charge in [0.2, 0.25) is 0 Å². The summed E-state index contributed by atoms with van der Waals surface area (Å²) < 4.78 is 13.2. The van der Waals surface area contributed by atoms with Gasteiger partial charge in [-0.1, -0.05) is 48.5 Å². The van der Waals surface area contributed by atoms with Gasteiger partial charge in [-0.3, -0.25) is 0 Å². The van der Waals surface area contributed by atoms with Gasteiger partial charge in [0.1, 0.15) is 38.5 Å². The number of rotatable bonds is 5. The van der Waals surface area contributed by atoms with E-state index in [9.17, 15) is 4.39 Å². The molecule has 0 atom stereocenters. The third kappa shape index (κ3) is 5.02. The van der Waals surface area contributed by atoms with Crippen molar-refractivity contribution in [2.75, 3.05) is 32.7 Å². The van der Waals surface area contributed by atoms with Crippen molar-refractivity contribution >= 4 is 6.08 Å². The van der Waals surface area contributed by atoms with Gasteiger partial charge >= 0.3 is 0 Å². The molecule has 2 N–H and O–H groups in total. The molecule has 0 aromatic heterocycles. The van der Waals surface area contributed by atoms with E-state index in [4.69, 9.17) is 0 Å². The summed E-state index contributed by atoms with van der Waals surface area (Å²) in [7, 11) is 0. The highest BCUT2D eigenvalue weighted by Crippen LogP contribution is 2.01. The minimum absolute atomic E-state index is 0.128. The highest BCUT2D eigenvalue weighted by Gasteiger charge is 2.21. The zero-order chi connectivity index (χ0) is 15.9. The molecule has 1 aliphatic heterocycles. The molecule has 1 fully saturated rings. The molecule has 2 nitrogen and oxygen atoms in total. The lowest BCUT2D eigenvalue weighted by Gasteiger charge is -2.29. The Morgan fingerprint density at radius 1 is 0.870 bits per heavy atom. The molecule has 3 rings (SSSR count). The molecule has 3 heteroatoms. The quantitative estimate of drug-likeness (QED) is 0.809. The number of nitrogens with one attached hydrogen (secondary N) is 2. The molecule has 0 bridgehead atoms. The molecular weight excluding hydrogens is 287 g/mol. The molecule has 0 spiro atoms. The molecular formula is C20H25FN2+2. The minimum Gasteiger partial charge on any atom is -0.322 e. The third-order valence-electron chi connectivity index (χ3n) is 4.52. The Labute approximate surface area is 137 Å². The normalized spacial score (nSPS) is 21.6. The van der Waals surface area contributed by atoms with Gasteiger partial charge in [0.05, 0.1) is 6.54 Å². The van der Waals surface area contributed by atoms with Crippen LogP contribution in [0.5, 0.6) is 0 Å². The Hall–Kier alpha value is -1.97. The topological polar surface area (TPSA) is 8.88 Å². The van der Waals surface area contributed by atoms with Crippen LogP contribution in [0.15, 0.2) is 60.7 Å². The van der Waals surface area contributed by atoms with Gasteiger partial charge in [-0.2, -0.15) is 0 Å². The summed E-state index contributed by atoms with van der Waals surface area (Å²) in [5.74, 6) is -0.128. The van der Waals surface area contributed by atoms with Gasteiger partial charge in [-0.25, -0.2) is 4.39 Å². The SMILES string of the molecule is Fc1cccc(C[NH+]2CC[NH+](C/C=C/c3ccccc3)CC2)c1. The molecule has 120 valence electrons. The molecule has 1 aliphatic rings. The lowest BCUT2D eigenvalue weighted by Crippen LogP contribution is -3.27. The molecule has 0 unspecified atom stereocenters. The van der Waals surface area contributed by atoms with Crippen LogP contribution >= 0.6 is 0 Å². The van der Waals surface area contributed by atoms with Crippen LogP contribution in [0.3, 0.4) is 0 Å². The van der Waals surface area contributed by atoms with E-state index in [1.165, 1.54) is 24.7 Å². The fourth-order valence-electron chi connectivity index (χ4n) is 3.20. The van der Waals surface area contributed by atoms with E-state index in [1.54, 1.807) is 21.9 Å². The van der Waals surface area contributed by atoms with Crippen LogP contribution in [0.25, 0.3) is 6.08 Å². The fourth-order valence-corrected chi connectivity index (χ4v) is 3.20. The summed E-state index contributed by atoms with van der Waals surface area (Å²) in [4.78, 5) is 3.20. The van der Waals surface area contributed by atoms with Crippen molar-refractivity contribution in [2.24, 2.45) is 0 Å². The zero-order valence-electron chi connectivity index (χ0n) is 13.5. The fraction of sp³-hybridized carbons (Fsp3) is 0.300. The largest absolute Gasteiger partial charge is 0.322 e. The number of benzene rings is 2. The third-order valence-corrected chi connectivity index (χ3v) is 4.52. The number of halogens is 1. The predicted molar refractivity (Wildman–Crippen MR) is 91.8 cm³/mol. The maximum Gasteiger partial charge on any atom is 0.127 e. The summed E-state index contributed by atoms with van der Waals surface area (Å²) in [5, 5.41) is 0. The number of hydrogen-bond donors (Lipinski definition) is 2. The second kappa shape index (κ2) is 8.04. The second-order valence-corrected chi connectivity index (χ2v) is 6.32. The van der Waals surface area contributed by atoms with E-state index in [0.717, 1.165) is 31.7 Å². The second-order valence-electron chi connectivity index (χ2n) is 6.32. The molecule has 0 radical (unpaired) electrons. The molecule has 2 aromatic carbocycles. The number of hydrogen-bond acceptors (Lipinski definition) is 0. The highest BCUT2D eigenvalue weighted by molar-refractivity contribution is 5.48. The van der Waals surface area contributed by atoms with Crippen molar-refractivity contribution in [3.63, 3.8) is 0 Å². The van der Waals surface area contributed by atoms with E-state index in [0.29, 0.717) is 0 Å². The van der Waals surface area contributed by atoms with Crippen molar-refractivity contribution in [1.82, 2.24) is 0 Å². The summed E-state index contributed by atoms with van der Waals surface area (Å²) in [6.07, 6.45) is 4.49. The lowest BCUT2D eigenvalue weighted by molar-refractivity contribution is -1.02. The molecule has 1 saturated heterocycles. The van der Waals surface area contributed by atoms with Crippen molar-refractivity contribution in [3.05, 3.63) is 77.6 Å². The summed E-state index contributed by atoms with van der Waals surface area (Å²) in [6.45, 7) is 6.70. The monoisotopic (exact) mass is 312 g/mol. The number of piperazine rings is 1. The molecule has 23 heavy (non-hydrogen) atoms. The first-order chi connectivity index (χ1) is 11.3. The first-order valence-electron chi connectivity index (χ1n) is 8.43. The van der Waals surface area contributed by atoms with Crippen LogP contribution < -0.4 is 9.80 Å². The Morgan fingerprint density at radius 2 is 1.61 bits per heavy atom. The van der Waals surface area contributed by atoms with Crippen molar-refractivity contribution in [2.45, 2.75) is 6.54 Å². The molecule has 0 aliphatic carbocycles. The van der Waals surface area contributed by atoms with Crippen LogP contribution in [-0.2, 0) is 6.54 Å². The maximum absolute atomic E-state index is 13.2. The van der Waals surface area contributed by atoms with E-state index in [-0.39, 0.29) is 5.82 Å². The van der Waals surface area contributed by atoms with Crippen LogP contribution in [0.1, 0.15) is 11.1 Å². The van der Waals surface area contributed by atoms with E-state index in [1.807, 2.05) is 12.1 Å². The molecule has 0 saturated carbocycles. The predicted octanol–water partition coefficient (Wildman–Crippen LogP) is 0.823. The van der Waals surface area contributed by atoms with Crippen LogP contribution in [-0.4, -0.2) is 32.7 Å². The first kappa shape index (κ1) is 15.9. The van der Waals surface area contributed by atoms with E-state index < -0.39 is 0 Å². The number of quaternary nitrogens is 2. The average Bonchev–Trinajstić information content (AvgIpc) is 2.58. The molecule has 2 aromatic rings. The zero-order valence-corrected chi connectivity index (χ0v) is 13.5. The molecule has 0 amide bonds. The van der Waals surface area contributed by atoms with Gasteiger partial charge in [0.15, 0.2) is 0 Å². The Kier molecular flexibility index (Phi) is 5.56. The lowest BCUT2D eigenvalue weighted by atomic mass is 10.2. The minimum atomic E-state index is -0.128. The van der Waals surface area contributed by atoms with Gasteiger partial charge in [0, 0.05) is 5.56 Å². The van der Waals surface area contributed by atoms with Crippen molar-refractivity contribution in [3.8, 4) is 0 Å². The Bertz CT molecular complexity index is 631. The van der Waals surface area contributed by atoms with Crippen molar-refractivity contribution in [1.29, 1.82) is 0 Å².